The average Bonchev–Trinajstić information content (AvgIpc) is 2.51. The molecule has 0 aromatic heterocycles. The van der Waals surface area contributed by atoms with E-state index in [1.807, 2.05) is 12.1 Å². The first-order chi connectivity index (χ1) is 10.1. The number of ether oxygens (including phenoxy) is 1. The smallest absolute Gasteiger partial charge is 0.172 e. The van der Waals surface area contributed by atoms with Crippen molar-refractivity contribution < 1.29 is 9.84 Å². The van der Waals surface area contributed by atoms with Gasteiger partial charge in [-0.1, -0.05) is 13.3 Å². The summed E-state index contributed by atoms with van der Waals surface area (Å²) < 4.78 is 5.90. The van der Waals surface area contributed by atoms with Crippen molar-refractivity contribution in [3.8, 4) is 11.5 Å². The van der Waals surface area contributed by atoms with Gasteiger partial charge in [-0.25, -0.2) is 0 Å². The lowest BCUT2D eigenvalue weighted by molar-refractivity contribution is 0.226. The molecule has 1 aromatic rings. The van der Waals surface area contributed by atoms with E-state index in [-0.39, 0.29) is 5.75 Å². The number of benzene rings is 1. The summed E-state index contributed by atoms with van der Waals surface area (Å²) in [4.78, 5) is 2.43. The van der Waals surface area contributed by atoms with Crippen LogP contribution in [0.5, 0.6) is 11.5 Å². The van der Waals surface area contributed by atoms with Crippen LogP contribution in [-0.2, 0) is 6.54 Å². The van der Waals surface area contributed by atoms with Gasteiger partial charge in [-0.15, -0.1) is 0 Å². The monoisotopic (exact) mass is 356 g/mol. The predicted octanol–water partition coefficient (Wildman–Crippen LogP) is 3.13. The van der Waals surface area contributed by atoms with Gasteiger partial charge in [0.25, 0.3) is 0 Å². The number of piperidine rings is 1. The number of nitrogens with one attached hydrogen (secondary N) is 1. The Morgan fingerprint density at radius 1 is 1.43 bits per heavy atom. The molecule has 2 N–H and O–H groups in total. The number of aromatic hydroxyl groups is 1. The number of hydrogen-bond donors (Lipinski definition) is 2. The zero-order valence-electron chi connectivity index (χ0n) is 12.9. The van der Waals surface area contributed by atoms with Crippen LogP contribution in [0.3, 0.4) is 0 Å². The van der Waals surface area contributed by atoms with Crippen molar-refractivity contribution in [3.05, 3.63) is 22.2 Å². The second kappa shape index (κ2) is 8.01. The van der Waals surface area contributed by atoms with Crippen LogP contribution in [0, 0.1) is 0 Å². The van der Waals surface area contributed by atoms with Crippen molar-refractivity contribution in [2.45, 2.75) is 38.8 Å². The molecule has 1 fully saturated rings. The number of halogens is 1. The Morgan fingerprint density at radius 3 is 2.86 bits per heavy atom. The fraction of sp³-hybridized carbons (Fsp3) is 0.625. The van der Waals surface area contributed by atoms with Crippen LogP contribution in [0.4, 0.5) is 0 Å². The topological polar surface area (TPSA) is 44.7 Å². The quantitative estimate of drug-likeness (QED) is 0.821. The second-order valence-electron chi connectivity index (χ2n) is 5.60. The van der Waals surface area contributed by atoms with Gasteiger partial charge < -0.3 is 15.2 Å². The van der Waals surface area contributed by atoms with E-state index in [1.165, 1.54) is 19.3 Å². The Balaban J connectivity index is 2.02. The van der Waals surface area contributed by atoms with Crippen molar-refractivity contribution in [2.75, 3.05) is 26.7 Å². The van der Waals surface area contributed by atoms with Crippen LogP contribution in [0.2, 0.25) is 0 Å². The Morgan fingerprint density at radius 2 is 2.24 bits per heavy atom. The molecule has 21 heavy (non-hydrogen) atoms. The molecule has 1 aliphatic rings. The predicted molar refractivity (Wildman–Crippen MR) is 89.0 cm³/mol. The zero-order valence-corrected chi connectivity index (χ0v) is 14.4. The van der Waals surface area contributed by atoms with E-state index in [0.29, 0.717) is 16.3 Å². The third-order valence-electron chi connectivity index (χ3n) is 4.05. The molecule has 1 unspecified atom stereocenters. The van der Waals surface area contributed by atoms with Crippen molar-refractivity contribution >= 4 is 15.9 Å². The van der Waals surface area contributed by atoms with Crippen LogP contribution >= 0.6 is 15.9 Å². The summed E-state index contributed by atoms with van der Waals surface area (Å²) in [5, 5.41) is 13.5. The van der Waals surface area contributed by atoms with Crippen molar-refractivity contribution in [1.82, 2.24) is 10.2 Å². The first-order valence-corrected chi connectivity index (χ1v) is 8.44. The van der Waals surface area contributed by atoms with Crippen LogP contribution in [0.1, 0.15) is 31.7 Å². The number of rotatable bonds is 6. The molecule has 1 aliphatic heterocycles. The molecule has 1 heterocycles. The van der Waals surface area contributed by atoms with E-state index >= 15 is 0 Å². The fourth-order valence-corrected chi connectivity index (χ4v) is 3.32. The normalized spacial score (nSPS) is 19.0. The Kier molecular flexibility index (Phi) is 6.33. The van der Waals surface area contributed by atoms with Gasteiger partial charge in [-0.2, -0.15) is 0 Å². The van der Waals surface area contributed by atoms with Crippen molar-refractivity contribution in [2.24, 2.45) is 0 Å². The highest BCUT2D eigenvalue weighted by Crippen LogP contribution is 2.35. The van der Waals surface area contributed by atoms with Gasteiger partial charge in [0.2, 0.25) is 0 Å². The summed E-state index contributed by atoms with van der Waals surface area (Å²) in [6.45, 7) is 6.27. The average molecular weight is 357 g/mol. The van der Waals surface area contributed by atoms with Gasteiger partial charge in [0, 0.05) is 19.1 Å². The molecule has 118 valence electrons. The maximum Gasteiger partial charge on any atom is 0.172 e. The SMILES string of the molecule is CCN(Cc1cc(Br)c(O)c(OC)c1)CC1CCCCN1. The Hall–Kier alpha value is -0.780. The third kappa shape index (κ3) is 4.59. The highest BCUT2D eigenvalue weighted by Gasteiger charge is 2.17. The van der Waals surface area contributed by atoms with Gasteiger partial charge in [-0.3, -0.25) is 4.90 Å². The van der Waals surface area contributed by atoms with Gasteiger partial charge in [-0.05, 0) is 59.6 Å². The third-order valence-corrected chi connectivity index (χ3v) is 4.66. The number of hydrogen-bond acceptors (Lipinski definition) is 4. The van der Waals surface area contributed by atoms with Gasteiger partial charge in [0.05, 0.1) is 11.6 Å². The lowest BCUT2D eigenvalue weighted by Gasteiger charge is -2.30. The summed E-state index contributed by atoms with van der Waals surface area (Å²) in [5.74, 6) is 0.685. The summed E-state index contributed by atoms with van der Waals surface area (Å²) in [7, 11) is 1.58. The molecule has 4 nitrogen and oxygen atoms in total. The number of phenolic OH excluding ortho intramolecular Hbond substituents is 1. The van der Waals surface area contributed by atoms with Gasteiger partial charge in [0.15, 0.2) is 11.5 Å². The minimum Gasteiger partial charge on any atom is -0.503 e. The van der Waals surface area contributed by atoms with Gasteiger partial charge >= 0.3 is 0 Å². The minimum absolute atomic E-state index is 0.165. The van der Waals surface area contributed by atoms with E-state index in [0.717, 1.165) is 31.7 Å². The van der Waals surface area contributed by atoms with E-state index in [9.17, 15) is 5.11 Å². The summed E-state index contributed by atoms with van der Waals surface area (Å²) in [5.41, 5.74) is 1.15. The lowest BCUT2D eigenvalue weighted by Crippen LogP contribution is -2.43. The number of likely N-dealkylation sites (N-methyl/N-ethyl adjacent to an activating group) is 1. The van der Waals surface area contributed by atoms with E-state index in [2.05, 4.69) is 33.1 Å². The molecule has 1 aromatic carbocycles. The summed E-state index contributed by atoms with van der Waals surface area (Å²) in [6.07, 6.45) is 3.89. The molecule has 5 heteroatoms. The second-order valence-corrected chi connectivity index (χ2v) is 6.46. The Bertz CT molecular complexity index is 462. The van der Waals surface area contributed by atoms with Gasteiger partial charge in [0.1, 0.15) is 0 Å². The van der Waals surface area contributed by atoms with E-state index in [4.69, 9.17) is 4.74 Å². The molecular weight excluding hydrogens is 332 g/mol. The van der Waals surface area contributed by atoms with Crippen LogP contribution in [-0.4, -0.2) is 42.8 Å². The van der Waals surface area contributed by atoms with E-state index < -0.39 is 0 Å². The fourth-order valence-electron chi connectivity index (χ4n) is 2.83. The maximum atomic E-state index is 9.88. The molecule has 0 radical (unpaired) electrons. The largest absolute Gasteiger partial charge is 0.503 e. The number of nitrogens with zero attached hydrogens (tertiary/aromatic N) is 1. The van der Waals surface area contributed by atoms with E-state index in [1.54, 1.807) is 7.11 Å². The molecule has 0 aliphatic carbocycles. The molecule has 1 saturated heterocycles. The highest BCUT2D eigenvalue weighted by molar-refractivity contribution is 9.10. The maximum absolute atomic E-state index is 9.88. The van der Waals surface area contributed by atoms with Crippen molar-refractivity contribution in [3.63, 3.8) is 0 Å². The molecule has 2 rings (SSSR count). The molecule has 0 amide bonds. The van der Waals surface area contributed by atoms with Crippen molar-refractivity contribution in [1.29, 1.82) is 0 Å². The first kappa shape index (κ1) is 16.6. The minimum atomic E-state index is 0.165. The number of phenols is 1. The standard InChI is InChI=1S/C16H25BrN2O2/c1-3-19(11-13-6-4-5-7-18-13)10-12-8-14(17)16(20)15(9-12)21-2/h8-9,13,18,20H,3-7,10-11H2,1-2H3. The Labute approximate surface area is 135 Å². The first-order valence-electron chi connectivity index (χ1n) is 7.65. The molecule has 1 atom stereocenters. The molecular formula is C16H25BrN2O2. The molecule has 0 spiro atoms. The lowest BCUT2D eigenvalue weighted by atomic mass is 10.0. The van der Waals surface area contributed by atoms with Crippen LogP contribution < -0.4 is 10.1 Å². The molecule has 0 bridgehead atoms. The number of methoxy groups -OCH3 is 1. The summed E-state index contributed by atoms with van der Waals surface area (Å²) >= 11 is 3.39. The zero-order chi connectivity index (χ0) is 15.2. The van der Waals surface area contributed by atoms with Crippen LogP contribution in [0.15, 0.2) is 16.6 Å². The summed E-state index contributed by atoms with van der Waals surface area (Å²) in [6, 6.07) is 4.48. The van der Waals surface area contributed by atoms with Crippen LogP contribution in [0.25, 0.3) is 0 Å². The highest BCUT2D eigenvalue weighted by atomic mass is 79.9. The molecule has 0 saturated carbocycles.